The first-order chi connectivity index (χ1) is 8.60. The van der Waals surface area contributed by atoms with Crippen LogP contribution in [0.25, 0.3) is 0 Å². The van der Waals surface area contributed by atoms with Crippen LogP contribution in [0, 0.1) is 0 Å². The third-order valence-corrected chi connectivity index (χ3v) is 3.53. The van der Waals surface area contributed by atoms with Gasteiger partial charge in [-0.1, -0.05) is 36.8 Å². The van der Waals surface area contributed by atoms with E-state index in [2.05, 4.69) is 0 Å². The Hall–Kier alpha value is -1.35. The van der Waals surface area contributed by atoms with Crippen molar-refractivity contribution >= 4 is 5.97 Å². The molecule has 0 aliphatic carbocycles. The minimum Gasteiger partial charge on any atom is -0.367 e. The molecule has 0 atom stereocenters. The Kier molecular flexibility index (Phi) is 4.02. The van der Waals surface area contributed by atoms with Gasteiger partial charge >= 0.3 is 5.97 Å². The Bertz CT molecular complexity index is 394. The standard InChI is InChI=1S/C15H21NO2/c1-15(2,13-9-5-3-6-10-13)14(17)18-16-11-7-4-8-12-16/h3,5-6,9-10H,4,7-8,11-12H2,1-2H3. The number of rotatable bonds is 3. The van der Waals surface area contributed by atoms with Crippen molar-refractivity contribution in [3.8, 4) is 0 Å². The molecule has 0 radical (unpaired) electrons. The first-order valence-electron chi connectivity index (χ1n) is 6.63. The SMILES string of the molecule is CC(C)(C(=O)ON1CCCCC1)c1ccccc1. The molecule has 98 valence electrons. The van der Waals surface area contributed by atoms with Crippen LogP contribution in [0.15, 0.2) is 30.3 Å². The Morgan fingerprint density at radius 2 is 1.72 bits per heavy atom. The Morgan fingerprint density at radius 1 is 1.11 bits per heavy atom. The maximum absolute atomic E-state index is 12.3. The predicted molar refractivity (Wildman–Crippen MR) is 71.0 cm³/mol. The summed E-state index contributed by atoms with van der Waals surface area (Å²) in [5.74, 6) is -0.171. The van der Waals surface area contributed by atoms with Crippen LogP contribution in [-0.2, 0) is 15.0 Å². The summed E-state index contributed by atoms with van der Waals surface area (Å²) in [6.45, 7) is 5.54. The second kappa shape index (κ2) is 5.53. The number of carbonyl (C=O) groups excluding carboxylic acids is 1. The third-order valence-electron chi connectivity index (χ3n) is 3.53. The molecule has 1 aliphatic heterocycles. The van der Waals surface area contributed by atoms with Crippen molar-refractivity contribution in [3.05, 3.63) is 35.9 Å². The zero-order chi connectivity index (χ0) is 13.0. The van der Waals surface area contributed by atoms with E-state index in [1.54, 1.807) is 5.06 Å². The van der Waals surface area contributed by atoms with E-state index in [0.29, 0.717) is 0 Å². The molecule has 0 spiro atoms. The first-order valence-corrected chi connectivity index (χ1v) is 6.63. The van der Waals surface area contributed by atoms with Crippen molar-refractivity contribution in [1.29, 1.82) is 0 Å². The monoisotopic (exact) mass is 247 g/mol. The number of piperidine rings is 1. The molecule has 0 saturated carbocycles. The summed E-state index contributed by atoms with van der Waals surface area (Å²) in [6, 6.07) is 9.79. The largest absolute Gasteiger partial charge is 0.367 e. The molecule has 0 aromatic heterocycles. The quantitative estimate of drug-likeness (QED) is 0.822. The highest BCUT2D eigenvalue weighted by molar-refractivity contribution is 5.81. The van der Waals surface area contributed by atoms with E-state index in [9.17, 15) is 4.79 Å². The lowest BCUT2D eigenvalue weighted by Crippen LogP contribution is -2.39. The van der Waals surface area contributed by atoms with Gasteiger partial charge in [-0.3, -0.25) is 0 Å². The summed E-state index contributed by atoms with van der Waals surface area (Å²) in [5.41, 5.74) is 0.394. The number of hydrogen-bond acceptors (Lipinski definition) is 3. The molecule has 0 bridgehead atoms. The van der Waals surface area contributed by atoms with Crippen LogP contribution >= 0.6 is 0 Å². The minimum absolute atomic E-state index is 0.171. The predicted octanol–water partition coefficient (Wildman–Crippen LogP) is 2.91. The summed E-state index contributed by atoms with van der Waals surface area (Å²) in [4.78, 5) is 17.8. The number of hydroxylamine groups is 2. The van der Waals surface area contributed by atoms with Crippen LogP contribution < -0.4 is 0 Å². The fourth-order valence-electron chi connectivity index (χ4n) is 2.16. The van der Waals surface area contributed by atoms with Crippen LogP contribution in [0.1, 0.15) is 38.7 Å². The van der Waals surface area contributed by atoms with Crippen LogP contribution in [0.5, 0.6) is 0 Å². The van der Waals surface area contributed by atoms with Gasteiger partial charge in [-0.15, -0.1) is 5.06 Å². The summed E-state index contributed by atoms with van der Waals surface area (Å²) in [5, 5.41) is 1.80. The van der Waals surface area contributed by atoms with Crippen molar-refractivity contribution < 1.29 is 9.63 Å². The lowest BCUT2D eigenvalue weighted by molar-refractivity contribution is -0.200. The van der Waals surface area contributed by atoms with Crippen molar-refractivity contribution in [2.75, 3.05) is 13.1 Å². The van der Waals surface area contributed by atoms with E-state index in [-0.39, 0.29) is 5.97 Å². The molecule has 18 heavy (non-hydrogen) atoms. The zero-order valence-corrected chi connectivity index (χ0v) is 11.2. The molecule has 1 saturated heterocycles. The van der Waals surface area contributed by atoms with E-state index >= 15 is 0 Å². The normalized spacial score (nSPS) is 17.4. The van der Waals surface area contributed by atoms with Gasteiger partial charge < -0.3 is 4.84 Å². The highest BCUT2D eigenvalue weighted by atomic mass is 16.7. The molecule has 1 aliphatic rings. The molecule has 1 fully saturated rings. The fraction of sp³-hybridized carbons (Fsp3) is 0.533. The molecule has 3 heteroatoms. The van der Waals surface area contributed by atoms with Crippen molar-refractivity contribution in [2.45, 2.75) is 38.5 Å². The Balaban J connectivity index is 2.03. The van der Waals surface area contributed by atoms with Gasteiger partial charge in [0.2, 0.25) is 0 Å². The number of carbonyl (C=O) groups is 1. The van der Waals surface area contributed by atoms with E-state index in [1.165, 1.54) is 6.42 Å². The van der Waals surface area contributed by atoms with E-state index in [0.717, 1.165) is 31.5 Å². The van der Waals surface area contributed by atoms with Crippen molar-refractivity contribution in [2.24, 2.45) is 0 Å². The molecule has 2 rings (SSSR count). The second-order valence-corrected chi connectivity index (χ2v) is 5.36. The second-order valence-electron chi connectivity index (χ2n) is 5.36. The molecular formula is C15H21NO2. The van der Waals surface area contributed by atoms with Gasteiger partial charge in [0.25, 0.3) is 0 Å². The van der Waals surface area contributed by atoms with Crippen molar-refractivity contribution in [3.63, 3.8) is 0 Å². The van der Waals surface area contributed by atoms with Gasteiger partial charge in [0.15, 0.2) is 0 Å². The first kappa shape index (κ1) is 13.1. The van der Waals surface area contributed by atoms with Gasteiger partial charge in [0, 0.05) is 13.1 Å². The molecule has 1 heterocycles. The van der Waals surface area contributed by atoms with Crippen molar-refractivity contribution in [1.82, 2.24) is 5.06 Å². The van der Waals surface area contributed by atoms with Gasteiger partial charge in [-0.2, -0.15) is 0 Å². The summed E-state index contributed by atoms with van der Waals surface area (Å²) >= 11 is 0. The molecule has 3 nitrogen and oxygen atoms in total. The van der Waals surface area contributed by atoms with Gasteiger partial charge in [-0.05, 0) is 32.3 Å². The maximum Gasteiger partial charge on any atom is 0.334 e. The van der Waals surface area contributed by atoms with E-state index in [4.69, 9.17) is 4.84 Å². The molecule has 1 aromatic carbocycles. The highest BCUT2D eigenvalue weighted by Crippen LogP contribution is 2.25. The molecular weight excluding hydrogens is 226 g/mol. The average Bonchev–Trinajstić information content (AvgIpc) is 2.41. The van der Waals surface area contributed by atoms with Crippen LogP contribution in [0.3, 0.4) is 0 Å². The van der Waals surface area contributed by atoms with Gasteiger partial charge in [-0.25, -0.2) is 4.79 Å². The van der Waals surface area contributed by atoms with Crippen LogP contribution in [0.4, 0.5) is 0 Å². The average molecular weight is 247 g/mol. The summed E-state index contributed by atoms with van der Waals surface area (Å²) in [6.07, 6.45) is 3.45. The highest BCUT2D eigenvalue weighted by Gasteiger charge is 2.33. The Labute approximate surface area is 109 Å². The van der Waals surface area contributed by atoms with Gasteiger partial charge in [0.05, 0.1) is 5.41 Å². The third kappa shape index (κ3) is 2.91. The molecule has 0 amide bonds. The minimum atomic E-state index is -0.599. The lowest BCUT2D eigenvalue weighted by atomic mass is 9.85. The number of hydrogen-bond donors (Lipinski definition) is 0. The summed E-state index contributed by atoms with van der Waals surface area (Å²) in [7, 11) is 0. The zero-order valence-electron chi connectivity index (χ0n) is 11.2. The fourth-order valence-corrected chi connectivity index (χ4v) is 2.16. The molecule has 0 N–H and O–H groups in total. The number of nitrogens with zero attached hydrogens (tertiary/aromatic N) is 1. The molecule has 0 unspecified atom stereocenters. The van der Waals surface area contributed by atoms with Crippen LogP contribution in [0.2, 0.25) is 0 Å². The Morgan fingerprint density at radius 3 is 2.33 bits per heavy atom. The lowest BCUT2D eigenvalue weighted by Gasteiger charge is -2.30. The molecule has 1 aromatic rings. The smallest absolute Gasteiger partial charge is 0.334 e. The van der Waals surface area contributed by atoms with E-state index in [1.807, 2.05) is 44.2 Å². The van der Waals surface area contributed by atoms with Gasteiger partial charge in [0.1, 0.15) is 0 Å². The van der Waals surface area contributed by atoms with E-state index < -0.39 is 5.41 Å². The maximum atomic E-state index is 12.3. The topological polar surface area (TPSA) is 29.5 Å². The number of benzene rings is 1. The summed E-state index contributed by atoms with van der Waals surface area (Å²) < 4.78 is 0. The van der Waals surface area contributed by atoms with Crippen LogP contribution in [-0.4, -0.2) is 24.1 Å².